The normalized spacial score (nSPS) is 11.3. The molecule has 1 N–H and O–H groups in total. The third-order valence-corrected chi connectivity index (χ3v) is 2.20. The van der Waals surface area contributed by atoms with Gasteiger partial charge in [0, 0.05) is 24.3 Å². The summed E-state index contributed by atoms with van der Waals surface area (Å²) in [5.74, 6) is -3.58. The van der Waals surface area contributed by atoms with Crippen molar-refractivity contribution in [2.24, 2.45) is 0 Å². The van der Waals surface area contributed by atoms with Gasteiger partial charge in [-0.25, -0.2) is 18.0 Å². The minimum Gasteiger partial charge on any atom is -0.466 e. The van der Waals surface area contributed by atoms with E-state index in [9.17, 15) is 18.0 Å². The van der Waals surface area contributed by atoms with Gasteiger partial charge in [-0.3, -0.25) is 0 Å². The number of methoxy groups -OCH3 is 1. The Balaban J connectivity index is 2.73. The zero-order valence-electron chi connectivity index (χ0n) is 9.89. The maximum Gasteiger partial charge on any atom is 0.333 e. The van der Waals surface area contributed by atoms with Crippen molar-refractivity contribution in [1.82, 2.24) is 0 Å². The molecule has 0 saturated carbocycles. The van der Waals surface area contributed by atoms with Crippen molar-refractivity contribution in [3.05, 3.63) is 41.2 Å². The lowest BCUT2D eigenvalue weighted by Crippen LogP contribution is -2.07. The second-order valence-electron chi connectivity index (χ2n) is 3.50. The molecule has 0 spiro atoms. The number of esters is 1. The largest absolute Gasteiger partial charge is 0.466 e. The molecule has 0 heterocycles. The molecule has 1 aromatic carbocycles. The maximum atomic E-state index is 13.2. The van der Waals surface area contributed by atoms with Crippen LogP contribution in [0.3, 0.4) is 0 Å². The fourth-order valence-corrected chi connectivity index (χ4v) is 1.26. The Morgan fingerprint density at radius 2 is 1.89 bits per heavy atom. The van der Waals surface area contributed by atoms with Crippen LogP contribution in [0.25, 0.3) is 0 Å². The van der Waals surface area contributed by atoms with E-state index in [1.165, 1.54) is 20.1 Å². The molecule has 0 saturated heterocycles. The Kier molecular flexibility index (Phi) is 4.76. The number of ether oxygens (including phenoxy) is 1. The first-order valence-electron chi connectivity index (χ1n) is 5.09. The Morgan fingerprint density at radius 1 is 1.33 bits per heavy atom. The van der Waals surface area contributed by atoms with Gasteiger partial charge < -0.3 is 10.1 Å². The molecule has 3 nitrogen and oxygen atoms in total. The first kappa shape index (κ1) is 14.1. The predicted molar refractivity (Wildman–Crippen MR) is 60.6 cm³/mol. The summed E-state index contributed by atoms with van der Waals surface area (Å²) in [6.07, 6.45) is 1.41. The quantitative estimate of drug-likeness (QED) is 0.667. The molecule has 18 heavy (non-hydrogen) atoms. The van der Waals surface area contributed by atoms with Gasteiger partial charge in [0.25, 0.3) is 0 Å². The van der Waals surface area contributed by atoms with Gasteiger partial charge in [0.2, 0.25) is 0 Å². The van der Waals surface area contributed by atoms with Crippen molar-refractivity contribution in [2.45, 2.75) is 6.92 Å². The molecular weight excluding hydrogens is 247 g/mol. The summed E-state index contributed by atoms with van der Waals surface area (Å²) in [6, 6.07) is 1.14. The fraction of sp³-hybridized carbons (Fsp3) is 0.250. The van der Waals surface area contributed by atoms with Crippen LogP contribution in [0.2, 0.25) is 0 Å². The smallest absolute Gasteiger partial charge is 0.333 e. The Hall–Kier alpha value is -1.98. The van der Waals surface area contributed by atoms with E-state index in [1.54, 1.807) is 0 Å². The summed E-state index contributed by atoms with van der Waals surface area (Å²) < 4.78 is 43.5. The molecule has 0 atom stereocenters. The monoisotopic (exact) mass is 259 g/mol. The molecule has 0 unspecified atom stereocenters. The van der Waals surface area contributed by atoms with Gasteiger partial charge in [0.1, 0.15) is 11.5 Å². The van der Waals surface area contributed by atoms with E-state index in [2.05, 4.69) is 10.1 Å². The van der Waals surface area contributed by atoms with E-state index in [-0.39, 0.29) is 6.54 Å². The molecule has 98 valence electrons. The maximum absolute atomic E-state index is 13.2. The van der Waals surface area contributed by atoms with Gasteiger partial charge in [0.15, 0.2) is 11.6 Å². The van der Waals surface area contributed by atoms with E-state index in [0.717, 1.165) is 0 Å². The third kappa shape index (κ3) is 3.51. The lowest BCUT2D eigenvalue weighted by Gasteiger charge is -2.07. The van der Waals surface area contributed by atoms with Gasteiger partial charge in [-0.1, -0.05) is 6.08 Å². The summed E-state index contributed by atoms with van der Waals surface area (Å²) >= 11 is 0. The van der Waals surface area contributed by atoms with Crippen molar-refractivity contribution in [3.8, 4) is 0 Å². The highest BCUT2D eigenvalue weighted by Crippen LogP contribution is 2.19. The first-order valence-corrected chi connectivity index (χ1v) is 5.09. The average Bonchev–Trinajstić information content (AvgIpc) is 2.31. The van der Waals surface area contributed by atoms with Crippen LogP contribution < -0.4 is 5.32 Å². The number of carbonyl (C=O) groups excluding carboxylic acids is 1. The highest BCUT2D eigenvalue weighted by molar-refractivity contribution is 5.87. The third-order valence-electron chi connectivity index (χ3n) is 2.20. The number of halogens is 3. The van der Waals surface area contributed by atoms with Crippen LogP contribution in [0.4, 0.5) is 18.9 Å². The van der Waals surface area contributed by atoms with E-state index in [4.69, 9.17) is 0 Å². The van der Waals surface area contributed by atoms with Gasteiger partial charge in [-0.05, 0) is 6.92 Å². The zero-order valence-corrected chi connectivity index (χ0v) is 9.89. The number of hydrogen-bond donors (Lipinski definition) is 1. The molecule has 0 radical (unpaired) electrons. The number of nitrogens with one attached hydrogen (secondary N) is 1. The average molecular weight is 259 g/mol. The lowest BCUT2D eigenvalue weighted by molar-refractivity contribution is -0.136. The van der Waals surface area contributed by atoms with Crippen molar-refractivity contribution < 1.29 is 22.7 Å². The SMILES string of the molecule is COC(=O)C(C)=CCNc1c(F)cc(F)cc1F. The lowest BCUT2D eigenvalue weighted by atomic mass is 10.2. The highest BCUT2D eigenvalue weighted by Gasteiger charge is 2.10. The number of anilines is 1. The molecule has 0 bridgehead atoms. The number of carbonyl (C=O) groups is 1. The first-order chi connectivity index (χ1) is 8.45. The van der Waals surface area contributed by atoms with Gasteiger partial charge in [-0.2, -0.15) is 0 Å². The molecule has 1 aromatic rings. The zero-order chi connectivity index (χ0) is 13.7. The van der Waals surface area contributed by atoms with Crippen LogP contribution in [0, 0.1) is 17.5 Å². The van der Waals surface area contributed by atoms with Gasteiger partial charge >= 0.3 is 5.97 Å². The van der Waals surface area contributed by atoms with E-state index >= 15 is 0 Å². The number of rotatable bonds is 4. The topological polar surface area (TPSA) is 38.3 Å². The summed E-state index contributed by atoms with van der Waals surface area (Å²) in [6.45, 7) is 1.52. The minimum absolute atomic E-state index is 0.0143. The molecule has 0 aliphatic heterocycles. The summed E-state index contributed by atoms with van der Waals surface area (Å²) in [4.78, 5) is 11.0. The summed E-state index contributed by atoms with van der Waals surface area (Å²) in [5.41, 5.74) is -0.141. The van der Waals surface area contributed by atoms with E-state index < -0.39 is 29.1 Å². The van der Waals surface area contributed by atoms with Crippen molar-refractivity contribution in [1.29, 1.82) is 0 Å². The van der Waals surface area contributed by atoms with E-state index in [1.807, 2.05) is 0 Å². The van der Waals surface area contributed by atoms with E-state index in [0.29, 0.717) is 17.7 Å². The molecule has 0 fully saturated rings. The summed E-state index contributed by atoms with van der Waals surface area (Å²) in [7, 11) is 1.23. The molecular formula is C12H12F3NO2. The summed E-state index contributed by atoms with van der Waals surface area (Å²) in [5, 5.41) is 2.42. The Morgan fingerprint density at radius 3 is 2.39 bits per heavy atom. The standard InChI is InChI=1S/C12H12F3NO2/c1-7(12(17)18-2)3-4-16-11-9(14)5-8(13)6-10(11)15/h3,5-6,16H,4H2,1-2H3. The Bertz CT molecular complexity index is 463. The molecule has 0 aliphatic carbocycles. The van der Waals surface area contributed by atoms with Crippen LogP contribution in [0.15, 0.2) is 23.8 Å². The number of benzene rings is 1. The van der Waals surface area contributed by atoms with Crippen LogP contribution in [-0.4, -0.2) is 19.6 Å². The molecule has 6 heteroatoms. The molecule has 0 aliphatic rings. The van der Waals surface area contributed by atoms with Crippen LogP contribution in [0.1, 0.15) is 6.92 Å². The highest BCUT2D eigenvalue weighted by atomic mass is 19.1. The molecule has 0 aromatic heterocycles. The molecule has 1 rings (SSSR count). The number of hydrogen-bond acceptors (Lipinski definition) is 3. The minimum atomic E-state index is -1.03. The second kappa shape index (κ2) is 6.09. The van der Waals surface area contributed by atoms with Crippen LogP contribution in [0.5, 0.6) is 0 Å². The van der Waals surface area contributed by atoms with Crippen molar-refractivity contribution in [3.63, 3.8) is 0 Å². The van der Waals surface area contributed by atoms with Crippen LogP contribution >= 0.6 is 0 Å². The molecule has 0 amide bonds. The predicted octanol–water partition coefficient (Wildman–Crippen LogP) is 2.64. The second-order valence-corrected chi connectivity index (χ2v) is 3.50. The van der Waals surface area contributed by atoms with Gasteiger partial charge in [-0.15, -0.1) is 0 Å². The fourth-order valence-electron chi connectivity index (χ4n) is 1.26. The van der Waals surface area contributed by atoms with Crippen LogP contribution in [-0.2, 0) is 9.53 Å². The Labute approximate surface area is 102 Å². The van der Waals surface area contributed by atoms with Gasteiger partial charge in [0.05, 0.1) is 7.11 Å². The van der Waals surface area contributed by atoms with Crippen molar-refractivity contribution in [2.75, 3.05) is 19.0 Å². The van der Waals surface area contributed by atoms with Crippen molar-refractivity contribution >= 4 is 11.7 Å².